The van der Waals surface area contributed by atoms with E-state index in [1.165, 1.54) is 0 Å². The second kappa shape index (κ2) is 9.00. The lowest BCUT2D eigenvalue weighted by Gasteiger charge is -2.36. The van der Waals surface area contributed by atoms with Crippen LogP contribution in [0.15, 0.2) is 23.3 Å². The van der Waals surface area contributed by atoms with Crippen LogP contribution in [0.1, 0.15) is 30.4 Å². The summed E-state index contributed by atoms with van der Waals surface area (Å²) >= 11 is 0. The maximum Gasteiger partial charge on any atom is 0.421 e. The van der Waals surface area contributed by atoms with Crippen molar-refractivity contribution in [2.75, 3.05) is 42.9 Å². The Balaban J connectivity index is 1.29. The van der Waals surface area contributed by atoms with Crippen molar-refractivity contribution >= 4 is 17.7 Å². The van der Waals surface area contributed by atoms with Gasteiger partial charge in [0.2, 0.25) is 11.9 Å². The van der Waals surface area contributed by atoms with Gasteiger partial charge in [-0.25, -0.2) is 15.1 Å². The van der Waals surface area contributed by atoms with Gasteiger partial charge in [-0.1, -0.05) is 0 Å². The average molecular weight is 505 g/mol. The number of hydrogen-bond donors (Lipinski definition) is 2. The van der Waals surface area contributed by atoms with Crippen LogP contribution < -0.4 is 15.8 Å². The lowest BCUT2D eigenvalue weighted by Crippen LogP contribution is -2.51. The molecular weight excluding hydrogens is 484 g/mol. The molecule has 0 radical (unpaired) electrons. The van der Waals surface area contributed by atoms with E-state index in [0.717, 1.165) is 12.4 Å². The van der Waals surface area contributed by atoms with Crippen molar-refractivity contribution in [1.29, 1.82) is 0 Å². The van der Waals surface area contributed by atoms with Crippen molar-refractivity contribution in [2.45, 2.75) is 31.6 Å². The van der Waals surface area contributed by atoms with E-state index >= 15 is 0 Å². The first-order valence-corrected chi connectivity index (χ1v) is 10.7. The van der Waals surface area contributed by atoms with Gasteiger partial charge in [-0.2, -0.15) is 31.4 Å². The molecule has 2 aliphatic rings. The van der Waals surface area contributed by atoms with E-state index in [4.69, 9.17) is 0 Å². The van der Waals surface area contributed by atoms with Crippen LogP contribution >= 0.6 is 0 Å². The van der Waals surface area contributed by atoms with Crippen LogP contribution in [0.3, 0.4) is 0 Å². The summed E-state index contributed by atoms with van der Waals surface area (Å²) in [5.41, 5.74) is -4.25. The van der Waals surface area contributed by atoms with Gasteiger partial charge in [-0.05, 0) is 19.3 Å². The number of nitrogens with zero attached hydrogens (tertiary/aromatic N) is 5. The molecule has 2 aromatic heterocycles. The number of carbonyl (C=O) groups is 1. The Labute approximate surface area is 194 Å². The zero-order valence-electron chi connectivity index (χ0n) is 18.2. The summed E-state index contributed by atoms with van der Waals surface area (Å²) in [5.74, 6) is -0.0647. The number of rotatable bonds is 6. The van der Waals surface area contributed by atoms with E-state index < -0.39 is 34.5 Å². The van der Waals surface area contributed by atoms with E-state index in [9.17, 15) is 35.9 Å². The quantitative estimate of drug-likeness (QED) is 0.581. The lowest BCUT2D eigenvalue weighted by molar-refractivity contribution is -0.139. The molecule has 4 rings (SSSR count). The van der Waals surface area contributed by atoms with E-state index in [-0.39, 0.29) is 24.2 Å². The van der Waals surface area contributed by atoms with Crippen molar-refractivity contribution in [3.63, 3.8) is 0 Å². The Bertz CT molecular complexity index is 1120. The molecule has 1 aliphatic carbocycles. The van der Waals surface area contributed by atoms with Crippen LogP contribution in [-0.4, -0.2) is 63.7 Å². The number of alkyl halides is 6. The third-order valence-electron chi connectivity index (χ3n) is 6.14. The fourth-order valence-electron chi connectivity index (χ4n) is 3.93. The molecule has 1 saturated carbocycles. The van der Waals surface area contributed by atoms with Gasteiger partial charge < -0.3 is 15.1 Å². The Hall–Kier alpha value is -3.39. The molecule has 1 saturated heterocycles. The van der Waals surface area contributed by atoms with Gasteiger partial charge in [-0.15, -0.1) is 0 Å². The van der Waals surface area contributed by atoms with Gasteiger partial charge in [0.1, 0.15) is 11.4 Å². The van der Waals surface area contributed by atoms with Crippen molar-refractivity contribution in [3.05, 3.63) is 39.9 Å². The molecule has 0 unspecified atom stereocenters. The van der Waals surface area contributed by atoms with Crippen molar-refractivity contribution in [2.24, 2.45) is 5.41 Å². The molecule has 35 heavy (non-hydrogen) atoms. The van der Waals surface area contributed by atoms with Crippen molar-refractivity contribution in [1.82, 2.24) is 25.1 Å². The van der Waals surface area contributed by atoms with Crippen LogP contribution in [0, 0.1) is 5.41 Å². The minimum absolute atomic E-state index is 0.0716. The largest absolute Gasteiger partial charge is 0.421 e. The highest BCUT2D eigenvalue weighted by Gasteiger charge is 2.51. The highest BCUT2D eigenvalue weighted by molar-refractivity contribution is 5.85. The average Bonchev–Trinajstić information content (AvgIpc) is 3.59. The molecule has 0 atom stereocenters. The number of amides is 1. The number of carbonyl (C=O) groups excluding carboxylic acids is 1. The summed E-state index contributed by atoms with van der Waals surface area (Å²) in [6.07, 6.45) is -6.23. The summed E-state index contributed by atoms with van der Waals surface area (Å²) in [5, 5.41) is 8.09. The van der Waals surface area contributed by atoms with Gasteiger partial charge >= 0.3 is 12.4 Å². The van der Waals surface area contributed by atoms with E-state index in [2.05, 4.69) is 20.4 Å². The number of aromatic amines is 1. The molecule has 2 N–H and O–H groups in total. The minimum atomic E-state index is -4.81. The summed E-state index contributed by atoms with van der Waals surface area (Å²) < 4.78 is 76.7. The Morgan fingerprint density at radius 1 is 1.03 bits per heavy atom. The molecule has 1 aliphatic heterocycles. The number of nitrogens with one attached hydrogen (secondary N) is 2. The second-order valence-electron chi connectivity index (χ2n) is 8.50. The first-order valence-electron chi connectivity index (χ1n) is 10.7. The molecule has 0 spiro atoms. The highest BCUT2D eigenvalue weighted by Crippen LogP contribution is 2.50. The number of piperazine rings is 1. The number of halogens is 6. The molecule has 190 valence electrons. The predicted molar refractivity (Wildman–Crippen MR) is 110 cm³/mol. The molecule has 0 bridgehead atoms. The molecule has 9 nitrogen and oxygen atoms in total. The Morgan fingerprint density at radius 2 is 1.66 bits per heavy atom. The van der Waals surface area contributed by atoms with E-state index in [1.807, 2.05) is 0 Å². The monoisotopic (exact) mass is 505 g/mol. The number of anilines is 2. The fraction of sp³-hybridized carbons (Fsp3) is 0.550. The van der Waals surface area contributed by atoms with Crippen LogP contribution in [0.2, 0.25) is 0 Å². The maximum absolute atomic E-state index is 13.1. The molecule has 2 fully saturated rings. The van der Waals surface area contributed by atoms with Gasteiger partial charge in [0.25, 0.3) is 5.56 Å². The topological polar surface area (TPSA) is 107 Å². The maximum atomic E-state index is 13.1. The number of aromatic nitrogens is 4. The zero-order valence-corrected chi connectivity index (χ0v) is 18.2. The summed E-state index contributed by atoms with van der Waals surface area (Å²) in [4.78, 5) is 35.3. The van der Waals surface area contributed by atoms with Gasteiger partial charge in [0.05, 0.1) is 11.0 Å². The van der Waals surface area contributed by atoms with Crippen LogP contribution in [0.5, 0.6) is 0 Å². The number of hydrogen-bond acceptors (Lipinski definition) is 7. The van der Waals surface area contributed by atoms with E-state index in [0.29, 0.717) is 51.5 Å². The Morgan fingerprint density at radius 3 is 2.20 bits per heavy atom. The van der Waals surface area contributed by atoms with E-state index in [1.54, 1.807) is 14.9 Å². The molecule has 1 amide bonds. The fourth-order valence-corrected chi connectivity index (χ4v) is 3.93. The standard InChI is InChI=1S/C20H21F6N7O2/c21-19(22,23)12-10-28-17(29-11-12)33-7-5-32(6-8-33)16(35)18(1-2-18)3-4-27-14-9-13(20(24,25)26)15(34)31-30-14/h9-11H,1-8H2,(H,27,30)(H,31,34). The summed E-state index contributed by atoms with van der Waals surface area (Å²) in [7, 11) is 0. The first-order chi connectivity index (χ1) is 16.4. The first kappa shape index (κ1) is 24.7. The number of H-pyrrole nitrogens is 1. The third-order valence-corrected chi connectivity index (χ3v) is 6.14. The molecule has 3 heterocycles. The smallest absolute Gasteiger partial charge is 0.369 e. The molecule has 2 aromatic rings. The Kier molecular flexibility index (Phi) is 6.36. The van der Waals surface area contributed by atoms with Crippen molar-refractivity contribution < 1.29 is 31.1 Å². The zero-order chi connectivity index (χ0) is 25.4. The minimum Gasteiger partial charge on any atom is -0.369 e. The third kappa shape index (κ3) is 5.48. The molecule has 0 aromatic carbocycles. The molecule has 15 heteroatoms. The van der Waals surface area contributed by atoms with Gasteiger partial charge in [0.15, 0.2) is 0 Å². The summed E-state index contributed by atoms with van der Waals surface area (Å²) in [6, 6.07) is 0.628. The van der Waals surface area contributed by atoms with Gasteiger partial charge in [0, 0.05) is 51.2 Å². The summed E-state index contributed by atoms with van der Waals surface area (Å²) in [6.45, 7) is 1.57. The normalized spacial score (nSPS) is 17.9. The van der Waals surface area contributed by atoms with Crippen LogP contribution in [-0.2, 0) is 17.1 Å². The SMILES string of the molecule is O=C(N1CCN(c2ncc(C(F)(F)F)cn2)CC1)C1(CCNc2cc(C(F)(F)F)c(=O)[nH]n2)CC1. The van der Waals surface area contributed by atoms with Crippen molar-refractivity contribution in [3.8, 4) is 0 Å². The van der Waals surface area contributed by atoms with Crippen LogP contribution in [0.25, 0.3) is 0 Å². The predicted octanol–water partition coefficient (Wildman–Crippen LogP) is 2.53. The lowest BCUT2D eigenvalue weighted by atomic mass is 10.00. The van der Waals surface area contributed by atoms with Crippen LogP contribution in [0.4, 0.5) is 38.1 Å². The second-order valence-corrected chi connectivity index (χ2v) is 8.50. The van der Waals surface area contributed by atoms with Gasteiger partial charge in [-0.3, -0.25) is 9.59 Å². The molecular formula is C20H21F6N7O2. The highest BCUT2D eigenvalue weighted by atomic mass is 19.4.